The van der Waals surface area contributed by atoms with E-state index >= 15 is 0 Å². The van der Waals surface area contributed by atoms with E-state index in [9.17, 15) is 22.8 Å². The molecule has 0 aliphatic carbocycles. The number of carbonyl (C=O) groups excluding carboxylic acids is 3. The number of anilines is 1. The summed E-state index contributed by atoms with van der Waals surface area (Å²) in [6.07, 6.45) is 1.67. The molecule has 174 valence electrons. The van der Waals surface area contributed by atoms with Gasteiger partial charge in [-0.05, 0) is 47.8 Å². The van der Waals surface area contributed by atoms with E-state index in [1.54, 1.807) is 18.2 Å². The molecule has 4 rings (SSSR count). The van der Waals surface area contributed by atoms with Crippen LogP contribution in [0.2, 0.25) is 0 Å². The summed E-state index contributed by atoms with van der Waals surface area (Å²) in [4.78, 5) is 36.5. The number of nitrogens with one attached hydrogen (secondary N) is 2. The lowest BCUT2D eigenvalue weighted by molar-refractivity contribution is -0.118. The summed E-state index contributed by atoms with van der Waals surface area (Å²) < 4.78 is 36.9. The smallest absolute Gasteiger partial charge is 0.264 e. The lowest BCUT2D eigenvalue weighted by Gasteiger charge is -2.09. The van der Waals surface area contributed by atoms with Crippen molar-refractivity contribution in [1.82, 2.24) is 4.72 Å². The second kappa shape index (κ2) is 9.49. The van der Waals surface area contributed by atoms with Gasteiger partial charge in [0.1, 0.15) is 11.5 Å². The third-order valence-electron chi connectivity index (χ3n) is 4.55. The summed E-state index contributed by atoms with van der Waals surface area (Å²) in [6.45, 7) is 0.772. The Morgan fingerprint density at radius 1 is 1.12 bits per heavy atom. The van der Waals surface area contributed by atoms with E-state index in [4.69, 9.17) is 9.47 Å². The van der Waals surface area contributed by atoms with Crippen LogP contribution in [0.4, 0.5) is 5.69 Å². The topological polar surface area (TPSA) is 128 Å². The first-order valence-corrected chi connectivity index (χ1v) is 12.3. The number of thiophene rings is 1. The number of ketones is 1. The van der Waals surface area contributed by atoms with E-state index in [0.717, 1.165) is 11.8 Å². The Hall–Kier alpha value is -3.96. The quantitative estimate of drug-likeness (QED) is 0.479. The van der Waals surface area contributed by atoms with Gasteiger partial charge >= 0.3 is 0 Å². The van der Waals surface area contributed by atoms with Gasteiger partial charge in [-0.25, -0.2) is 13.1 Å². The van der Waals surface area contributed by atoms with Crippen molar-refractivity contribution >= 4 is 50.7 Å². The number of carbonyl (C=O) groups is 3. The second-order valence-corrected chi connectivity index (χ2v) is 9.80. The van der Waals surface area contributed by atoms with Gasteiger partial charge in [-0.3, -0.25) is 14.4 Å². The predicted molar refractivity (Wildman–Crippen MR) is 125 cm³/mol. The van der Waals surface area contributed by atoms with Gasteiger partial charge in [0.05, 0.1) is 10.5 Å². The number of sulfonamides is 1. The summed E-state index contributed by atoms with van der Waals surface area (Å²) in [5, 5.41) is 4.48. The lowest BCUT2D eigenvalue weighted by atomic mass is 10.1. The van der Waals surface area contributed by atoms with Gasteiger partial charge in [0, 0.05) is 29.6 Å². The number of hydrogen-bond acceptors (Lipinski definition) is 8. The van der Waals surface area contributed by atoms with Crippen LogP contribution in [0.15, 0.2) is 70.6 Å². The normalized spacial score (nSPS) is 13.8. The van der Waals surface area contributed by atoms with Crippen LogP contribution < -0.4 is 19.5 Å². The minimum atomic E-state index is -3.95. The summed E-state index contributed by atoms with van der Waals surface area (Å²) >= 11 is 1.49. The van der Waals surface area contributed by atoms with Crippen LogP contribution in [-0.2, 0) is 19.6 Å². The SMILES string of the molecule is CC(=O)NS(=O)(=O)c1ccc(NC(=O)COc2ccc3c(c2)OC(=Cc2cccs2)C3=O)cc1. The molecule has 3 aromatic rings. The molecular weight excluding hydrogens is 480 g/mol. The van der Waals surface area contributed by atoms with Gasteiger partial charge in [0.25, 0.3) is 15.9 Å². The largest absolute Gasteiger partial charge is 0.484 e. The van der Waals surface area contributed by atoms with Gasteiger partial charge in [-0.15, -0.1) is 11.3 Å². The Morgan fingerprint density at radius 3 is 2.56 bits per heavy atom. The molecule has 2 amide bonds. The van der Waals surface area contributed by atoms with Crippen molar-refractivity contribution in [2.75, 3.05) is 11.9 Å². The van der Waals surface area contributed by atoms with E-state index < -0.39 is 21.8 Å². The zero-order valence-electron chi connectivity index (χ0n) is 17.7. The zero-order chi connectivity index (χ0) is 24.3. The lowest BCUT2D eigenvalue weighted by Crippen LogP contribution is -2.28. The van der Waals surface area contributed by atoms with Crippen molar-refractivity contribution in [3.8, 4) is 11.5 Å². The van der Waals surface area contributed by atoms with Crippen molar-refractivity contribution in [2.45, 2.75) is 11.8 Å². The van der Waals surface area contributed by atoms with Crippen molar-refractivity contribution in [3.63, 3.8) is 0 Å². The van der Waals surface area contributed by atoms with Crippen LogP contribution in [0, 0.1) is 0 Å². The molecule has 0 saturated heterocycles. The number of Topliss-reactive ketones (excluding diaryl/α,β-unsaturated/α-hetero) is 1. The summed E-state index contributed by atoms with van der Waals surface area (Å²) in [5.74, 6) is -0.496. The van der Waals surface area contributed by atoms with Crippen molar-refractivity contribution in [3.05, 3.63) is 76.2 Å². The number of hydrogen-bond donors (Lipinski definition) is 2. The molecule has 0 atom stereocenters. The number of fused-ring (bicyclic) bond motifs is 1. The molecule has 1 aliphatic rings. The van der Waals surface area contributed by atoms with Gasteiger partial charge in [0.15, 0.2) is 12.4 Å². The molecule has 0 spiro atoms. The van der Waals surface area contributed by atoms with E-state index in [0.29, 0.717) is 22.7 Å². The molecular formula is C23H18N2O7S2. The molecule has 0 bridgehead atoms. The molecule has 1 aromatic heterocycles. The maximum atomic E-state index is 12.5. The molecule has 0 saturated carbocycles. The molecule has 1 aliphatic heterocycles. The van der Waals surface area contributed by atoms with Crippen LogP contribution in [0.25, 0.3) is 6.08 Å². The predicted octanol–water partition coefficient (Wildman–Crippen LogP) is 3.21. The molecule has 11 heteroatoms. The monoisotopic (exact) mass is 498 g/mol. The third-order valence-corrected chi connectivity index (χ3v) is 6.82. The van der Waals surface area contributed by atoms with Crippen LogP contribution in [0.3, 0.4) is 0 Å². The number of amides is 2. The highest BCUT2D eigenvalue weighted by atomic mass is 32.2. The maximum absolute atomic E-state index is 12.5. The Kier molecular flexibility index (Phi) is 6.48. The minimum absolute atomic E-state index is 0.114. The van der Waals surface area contributed by atoms with Crippen LogP contribution >= 0.6 is 11.3 Å². The highest BCUT2D eigenvalue weighted by molar-refractivity contribution is 7.90. The average molecular weight is 499 g/mol. The minimum Gasteiger partial charge on any atom is -0.484 e. The summed E-state index contributed by atoms with van der Waals surface area (Å²) in [6, 6.07) is 13.7. The first-order chi connectivity index (χ1) is 16.2. The average Bonchev–Trinajstić information content (AvgIpc) is 3.40. The fourth-order valence-corrected chi connectivity index (χ4v) is 4.71. The highest BCUT2D eigenvalue weighted by Crippen LogP contribution is 2.35. The molecule has 2 heterocycles. The standard InChI is InChI=1S/C23H18N2O7S2/c1-14(26)25-34(29,30)18-7-4-15(5-8-18)24-22(27)13-31-16-6-9-19-20(11-16)32-21(23(19)28)12-17-3-2-10-33-17/h2-12H,13H2,1H3,(H,24,27)(H,25,26). The van der Waals surface area contributed by atoms with Crippen LogP contribution in [0.5, 0.6) is 11.5 Å². The highest BCUT2D eigenvalue weighted by Gasteiger charge is 2.28. The Labute approximate surface area is 199 Å². The van der Waals surface area contributed by atoms with Crippen LogP contribution in [0.1, 0.15) is 22.2 Å². The van der Waals surface area contributed by atoms with Crippen molar-refractivity contribution in [2.24, 2.45) is 0 Å². The Morgan fingerprint density at radius 2 is 1.88 bits per heavy atom. The first kappa shape index (κ1) is 23.2. The fourth-order valence-electron chi connectivity index (χ4n) is 3.07. The van der Waals surface area contributed by atoms with Gasteiger partial charge in [0.2, 0.25) is 11.7 Å². The van der Waals surface area contributed by atoms with Gasteiger partial charge in [-0.1, -0.05) is 6.07 Å². The van der Waals surface area contributed by atoms with Crippen molar-refractivity contribution < 1.29 is 32.3 Å². The Bertz CT molecular complexity index is 1390. The van der Waals surface area contributed by atoms with E-state index in [2.05, 4.69) is 5.32 Å². The van der Waals surface area contributed by atoms with Crippen LogP contribution in [-0.4, -0.2) is 32.6 Å². The number of benzene rings is 2. The van der Waals surface area contributed by atoms with E-state index in [-0.39, 0.29) is 23.0 Å². The molecule has 9 nitrogen and oxygen atoms in total. The summed E-state index contributed by atoms with van der Waals surface area (Å²) in [5.41, 5.74) is 0.760. The zero-order valence-corrected chi connectivity index (χ0v) is 19.4. The number of allylic oxidation sites excluding steroid dienone is 1. The summed E-state index contributed by atoms with van der Waals surface area (Å²) in [7, 11) is -3.95. The van der Waals surface area contributed by atoms with Gasteiger partial charge in [-0.2, -0.15) is 0 Å². The molecule has 0 unspecified atom stereocenters. The van der Waals surface area contributed by atoms with E-state index in [1.807, 2.05) is 22.2 Å². The maximum Gasteiger partial charge on any atom is 0.264 e. The second-order valence-electron chi connectivity index (χ2n) is 7.14. The van der Waals surface area contributed by atoms with Gasteiger partial charge < -0.3 is 14.8 Å². The van der Waals surface area contributed by atoms with Crippen molar-refractivity contribution in [1.29, 1.82) is 0 Å². The molecule has 0 fully saturated rings. The third kappa shape index (κ3) is 5.33. The fraction of sp³-hybridized carbons (Fsp3) is 0.0870. The molecule has 34 heavy (non-hydrogen) atoms. The Balaban J connectivity index is 1.35. The molecule has 0 radical (unpaired) electrons. The van der Waals surface area contributed by atoms with E-state index in [1.165, 1.54) is 41.7 Å². The number of rotatable bonds is 7. The molecule has 2 aromatic carbocycles. The molecule has 2 N–H and O–H groups in total. The number of ether oxygens (including phenoxy) is 2. The first-order valence-electron chi connectivity index (χ1n) is 9.89.